The minimum absolute atomic E-state index is 0.400. The fourth-order valence-corrected chi connectivity index (χ4v) is 3.64. The largest absolute Gasteiger partial charge is 0.465 e. The van der Waals surface area contributed by atoms with E-state index in [1.165, 1.54) is 25.7 Å². The van der Waals surface area contributed by atoms with Crippen LogP contribution in [0.4, 0.5) is 0 Å². The number of rotatable bonds is 2. The minimum Gasteiger partial charge on any atom is -0.465 e. The van der Waals surface area contributed by atoms with E-state index in [0.717, 1.165) is 22.1 Å². The van der Waals surface area contributed by atoms with Gasteiger partial charge in [0.2, 0.25) is 0 Å². The molecule has 0 aromatic carbocycles. The van der Waals surface area contributed by atoms with E-state index < -0.39 is 6.10 Å². The molecule has 0 saturated heterocycles. The molecule has 0 aliphatic heterocycles. The summed E-state index contributed by atoms with van der Waals surface area (Å²) >= 11 is 3.41. The molecular weight excluding hydrogens is 256 g/mol. The lowest BCUT2D eigenvalue weighted by Crippen LogP contribution is -2.01. The smallest absolute Gasteiger partial charge is 0.146 e. The molecule has 2 fully saturated rings. The predicted octanol–water partition coefficient (Wildman–Crippen LogP) is 3.51. The van der Waals surface area contributed by atoms with Crippen LogP contribution in [0.3, 0.4) is 0 Å². The van der Waals surface area contributed by atoms with Crippen molar-refractivity contribution in [1.29, 1.82) is 0 Å². The van der Waals surface area contributed by atoms with Crippen molar-refractivity contribution in [3.8, 4) is 0 Å². The highest BCUT2D eigenvalue weighted by Crippen LogP contribution is 2.60. The third-order valence-corrected chi connectivity index (χ3v) is 4.66. The Morgan fingerprint density at radius 1 is 1.33 bits per heavy atom. The second-order valence-corrected chi connectivity index (χ2v) is 5.62. The van der Waals surface area contributed by atoms with Crippen LogP contribution in [0.15, 0.2) is 21.2 Å². The second-order valence-electron chi connectivity index (χ2n) is 4.77. The van der Waals surface area contributed by atoms with E-state index in [0.29, 0.717) is 5.92 Å². The summed E-state index contributed by atoms with van der Waals surface area (Å²) in [6.45, 7) is 0. The van der Waals surface area contributed by atoms with E-state index in [2.05, 4.69) is 15.9 Å². The fourth-order valence-electron chi connectivity index (χ4n) is 3.21. The van der Waals surface area contributed by atoms with Gasteiger partial charge in [0.1, 0.15) is 11.9 Å². The van der Waals surface area contributed by atoms with Gasteiger partial charge in [-0.1, -0.05) is 12.8 Å². The maximum Gasteiger partial charge on any atom is 0.146 e. The van der Waals surface area contributed by atoms with Gasteiger partial charge in [0, 0.05) is 0 Å². The monoisotopic (exact) mass is 270 g/mol. The number of fused-ring (bicyclic) bond motifs is 1. The number of hydrogen-bond acceptors (Lipinski definition) is 2. The first kappa shape index (κ1) is 9.91. The SMILES string of the molecule is OC(c1occc1Br)C1C2CCCCC21. The summed E-state index contributed by atoms with van der Waals surface area (Å²) in [6, 6.07) is 1.85. The highest BCUT2D eigenvalue weighted by Gasteiger charge is 2.55. The maximum absolute atomic E-state index is 10.2. The first-order valence-electron chi connectivity index (χ1n) is 5.70. The molecular formula is C12H15BrO2. The zero-order chi connectivity index (χ0) is 10.4. The van der Waals surface area contributed by atoms with Gasteiger partial charge in [0.25, 0.3) is 0 Å². The first-order valence-corrected chi connectivity index (χ1v) is 6.49. The Morgan fingerprint density at radius 3 is 2.53 bits per heavy atom. The van der Waals surface area contributed by atoms with Crippen LogP contribution in [-0.2, 0) is 0 Å². The van der Waals surface area contributed by atoms with Crippen molar-refractivity contribution < 1.29 is 9.52 Å². The van der Waals surface area contributed by atoms with E-state index in [-0.39, 0.29) is 0 Å². The van der Waals surface area contributed by atoms with Gasteiger partial charge in [0.15, 0.2) is 0 Å². The molecule has 15 heavy (non-hydrogen) atoms. The molecule has 0 spiro atoms. The van der Waals surface area contributed by atoms with Crippen molar-refractivity contribution in [2.75, 3.05) is 0 Å². The van der Waals surface area contributed by atoms with Crippen LogP contribution in [0, 0.1) is 17.8 Å². The van der Waals surface area contributed by atoms with E-state index in [9.17, 15) is 5.11 Å². The summed E-state index contributed by atoms with van der Waals surface area (Å²) < 4.78 is 6.24. The molecule has 0 radical (unpaired) electrons. The lowest BCUT2D eigenvalue weighted by Gasteiger charge is -2.07. The van der Waals surface area contributed by atoms with Crippen molar-refractivity contribution >= 4 is 15.9 Å². The quantitative estimate of drug-likeness (QED) is 0.892. The van der Waals surface area contributed by atoms with E-state index in [1.807, 2.05) is 6.07 Å². The Kier molecular flexibility index (Phi) is 2.40. The minimum atomic E-state index is -0.400. The molecule has 3 rings (SSSR count). The molecule has 82 valence electrons. The topological polar surface area (TPSA) is 33.4 Å². The van der Waals surface area contributed by atoms with Gasteiger partial charge in [-0.25, -0.2) is 0 Å². The molecule has 0 amide bonds. The average molecular weight is 271 g/mol. The van der Waals surface area contributed by atoms with E-state index in [1.54, 1.807) is 6.26 Å². The van der Waals surface area contributed by atoms with Crippen molar-refractivity contribution in [1.82, 2.24) is 0 Å². The summed E-state index contributed by atoms with van der Waals surface area (Å²) in [6.07, 6.45) is 6.50. The van der Waals surface area contributed by atoms with Crippen LogP contribution < -0.4 is 0 Å². The molecule has 1 aromatic heterocycles. The van der Waals surface area contributed by atoms with Crippen molar-refractivity contribution in [3.05, 3.63) is 22.6 Å². The average Bonchev–Trinajstić information content (AvgIpc) is 2.83. The number of halogens is 1. The van der Waals surface area contributed by atoms with E-state index in [4.69, 9.17) is 4.42 Å². The molecule has 0 bridgehead atoms. The predicted molar refractivity (Wildman–Crippen MR) is 60.3 cm³/mol. The number of furan rings is 1. The molecule has 3 heteroatoms. The third-order valence-electron chi connectivity index (χ3n) is 4.00. The van der Waals surface area contributed by atoms with Gasteiger partial charge in [-0.3, -0.25) is 0 Å². The Hall–Kier alpha value is -0.280. The van der Waals surface area contributed by atoms with Crippen LogP contribution in [-0.4, -0.2) is 5.11 Å². The highest BCUT2D eigenvalue weighted by atomic mass is 79.9. The molecule has 1 aromatic rings. The number of aliphatic hydroxyl groups is 1. The molecule has 2 nitrogen and oxygen atoms in total. The molecule has 2 aliphatic carbocycles. The zero-order valence-corrected chi connectivity index (χ0v) is 10.1. The molecule has 3 atom stereocenters. The first-order chi connectivity index (χ1) is 7.29. The van der Waals surface area contributed by atoms with Gasteiger partial charge in [-0.2, -0.15) is 0 Å². The van der Waals surface area contributed by atoms with Gasteiger partial charge < -0.3 is 9.52 Å². The van der Waals surface area contributed by atoms with Gasteiger partial charge in [0.05, 0.1) is 10.7 Å². The summed E-state index contributed by atoms with van der Waals surface area (Å²) in [5.74, 6) is 2.68. The lowest BCUT2D eigenvalue weighted by atomic mass is 10.0. The highest BCUT2D eigenvalue weighted by molar-refractivity contribution is 9.10. The zero-order valence-electron chi connectivity index (χ0n) is 8.53. The summed E-state index contributed by atoms with van der Waals surface area (Å²) in [7, 11) is 0. The van der Waals surface area contributed by atoms with E-state index >= 15 is 0 Å². The van der Waals surface area contributed by atoms with Crippen LogP contribution in [0.5, 0.6) is 0 Å². The summed E-state index contributed by atoms with van der Waals surface area (Å²) in [4.78, 5) is 0. The van der Waals surface area contributed by atoms with Crippen LogP contribution in [0.1, 0.15) is 37.5 Å². The Bertz CT molecular complexity index is 348. The molecule has 3 unspecified atom stereocenters. The standard InChI is InChI=1S/C12H15BrO2/c13-9-5-6-15-12(9)11(14)10-7-3-1-2-4-8(7)10/h5-8,10-11,14H,1-4H2. The van der Waals surface area contributed by atoms with Gasteiger partial charge in [-0.05, 0) is 52.6 Å². The van der Waals surface area contributed by atoms with Gasteiger partial charge >= 0.3 is 0 Å². The molecule has 2 saturated carbocycles. The maximum atomic E-state index is 10.2. The molecule has 2 aliphatic rings. The fraction of sp³-hybridized carbons (Fsp3) is 0.667. The van der Waals surface area contributed by atoms with Crippen molar-refractivity contribution in [2.45, 2.75) is 31.8 Å². The Morgan fingerprint density at radius 2 is 2.00 bits per heavy atom. The van der Waals surface area contributed by atoms with Crippen molar-refractivity contribution in [2.24, 2.45) is 17.8 Å². The number of aliphatic hydroxyl groups excluding tert-OH is 1. The normalized spacial score (nSPS) is 36.0. The Balaban J connectivity index is 1.76. The van der Waals surface area contributed by atoms with Gasteiger partial charge in [-0.15, -0.1) is 0 Å². The summed E-state index contributed by atoms with van der Waals surface area (Å²) in [5.41, 5.74) is 0. The Labute approximate surface area is 97.8 Å². The van der Waals surface area contributed by atoms with Crippen LogP contribution in [0.25, 0.3) is 0 Å². The second kappa shape index (κ2) is 3.63. The summed E-state index contributed by atoms with van der Waals surface area (Å²) in [5, 5.41) is 10.2. The van der Waals surface area contributed by atoms with Crippen LogP contribution >= 0.6 is 15.9 Å². The lowest BCUT2D eigenvalue weighted by molar-refractivity contribution is 0.116. The third kappa shape index (κ3) is 1.56. The van der Waals surface area contributed by atoms with Crippen LogP contribution in [0.2, 0.25) is 0 Å². The number of hydrogen-bond donors (Lipinski definition) is 1. The molecule has 1 N–H and O–H groups in total. The van der Waals surface area contributed by atoms with Crippen molar-refractivity contribution in [3.63, 3.8) is 0 Å². The molecule has 1 heterocycles.